The number of para-hydroxylation sites is 2. The average molecular weight is 293 g/mol. The van der Waals surface area contributed by atoms with E-state index in [9.17, 15) is 0 Å². The molecule has 0 spiro atoms. The molecule has 4 rings (SSSR count). The van der Waals surface area contributed by atoms with Crippen LogP contribution in [0.15, 0.2) is 65.7 Å². The van der Waals surface area contributed by atoms with E-state index in [-0.39, 0.29) is 0 Å². The molecule has 2 nitrogen and oxygen atoms in total. The van der Waals surface area contributed by atoms with Gasteiger partial charge in [0.25, 0.3) is 0 Å². The molecule has 21 heavy (non-hydrogen) atoms. The Morgan fingerprint density at radius 1 is 0.905 bits per heavy atom. The Balaban J connectivity index is 1.93. The van der Waals surface area contributed by atoms with Gasteiger partial charge in [-0.15, -0.1) is 11.6 Å². The number of pyridine rings is 1. The topological polar surface area (TPSA) is 25.2 Å². The molecule has 2 aromatic carbocycles. The van der Waals surface area contributed by atoms with Gasteiger partial charge in [0.15, 0.2) is 0 Å². The Hall–Kier alpha value is -2.19. The molecule has 2 heterocycles. The minimum absolute atomic E-state index is 0.637. The predicted molar refractivity (Wildman–Crippen MR) is 87.6 cm³/mol. The summed E-state index contributed by atoms with van der Waals surface area (Å²) in [4.78, 5) is 8.58. The minimum atomic E-state index is -0.637. The number of benzene rings is 2. The minimum Gasteiger partial charge on any atom is -0.261 e. The van der Waals surface area contributed by atoms with Crippen LogP contribution in [0.2, 0.25) is 0 Å². The summed E-state index contributed by atoms with van der Waals surface area (Å²) in [7, 11) is 0. The maximum absolute atomic E-state index is 6.98. The number of nitrogens with zero attached hydrogens (tertiary/aromatic N) is 2. The van der Waals surface area contributed by atoms with Gasteiger partial charge in [-0.25, -0.2) is 0 Å². The van der Waals surface area contributed by atoms with Crippen LogP contribution < -0.4 is 0 Å². The zero-order valence-electron chi connectivity index (χ0n) is 11.3. The summed E-state index contributed by atoms with van der Waals surface area (Å²) in [6, 6.07) is 20.2. The van der Waals surface area contributed by atoms with Crippen molar-refractivity contribution in [3.8, 4) is 0 Å². The number of hydrogen-bond donors (Lipinski definition) is 0. The maximum Gasteiger partial charge on any atom is 0.118 e. The molecule has 3 aromatic rings. The van der Waals surface area contributed by atoms with Crippen molar-refractivity contribution in [2.45, 2.75) is 11.3 Å². The molecule has 0 bridgehead atoms. The van der Waals surface area contributed by atoms with Crippen LogP contribution in [0.25, 0.3) is 10.9 Å². The summed E-state index contributed by atoms with van der Waals surface area (Å²) in [5, 5.41) is 1.12. The summed E-state index contributed by atoms with van der Waals surface area (Å²) in [5.74, 6) is 0. The van der Waals surface area contributed by atoms with Gasteiger partial charge in [0.2, 0.25) is 0 Å². The van der Waals surface area contributed by atoms with Crippen molar-refractivity contribution in [1.82, 2.24) is 4.98 Å². The van der Waals surface area contributed by atoms with Crippen molar-refractivity contribution in [2.24, 2.45) is 4.99 Å². The van der Waals surface area contributed by atoms with Crippen LogP contribution in [0.5, 0.6) is 0 Å². The predicted octanol–water partition coefficient (Wildman–Crippen LogP) is 4.82. The van der Waals surface area contributed by atoms with Crippen LogP contribution in [-0.2, 0) is 4.87 Å². The highest BCUT2D eigenvalue weighted by molar-refractivity contribution is 6.27. The summed E-state index contributed by atoms with van der Waals surface area (Å²) in [6.07, 6.45) is 2.53. The van der Waals surface area contributed by atoms with Gasteiger partial charge in [-0.1, -0.05) is 42.5 Å². The van der Waals surface area contributed by atoms with Crippen molar-refractivity contribution in [1.29, 1.82) is 0 Å². The summed E-state index contributed by atoms with van der Waals surface area (Å²) in [6.45, 7) is 0. The third kappa shape index (κ3) is 1.95. The van der Waals surface area contributed by atoms with Crippen molar-refractivity contribution in [3.05, 3.63) is 71.9 Å². The lowest BCUT2D eigenvalue weighted by molar-refractivity contribution is 0.734. The van der Waals surface area contributed by atoms with Gasteiger partial charge >= 0.3 is 0 Å². The fraction of sp³-hybridized carbons (Fsp3) is 0.111. The Labute approximate surface area is 128 Å². The summed E-state index contributed by atoms with van der Waals surface area (Å²) < 4.78 is 0. The zero-order chi connectivity index (χ0) is 14.3. The quantitative estimate of drug-likeness (QED) is 0.590. The van der Waals surface area contributed by atoms with E-state index < -0.39 is 4.87 Å². The van der Waals surface area contributed by atoms with E-state index >= 15 is 0 Å². The molecule has 102 valence electrons. The van der Waals surface area contributed by atoms with Crippen LogP contribution in [0.1, 0.15) is 17.7 Å². The lowest BCUT2D eigenvalue weighted by Crippen LogP contribution is -2.24. The van der Waals surface area contributed by atoms with Crippen LogP contribution in [-0.4, -0.2) is 11.2 Å². The van der Waals surface area contributed by atoms with Crippen molar-refractivity contribution >= 4 is 34.4 Å². The monoisotopic (exact) mass is 292 g/mol. The third-order valence-electron chi connectivity index (χ3n) is 3.94. The van der Waals surface area contributed by atoms with E-state index in [1.165, 1.54) is 0 Å². The molecule has 0 radical (unpaired) electrons. The molecule has 1 aliphatic heterocycles. The number of alkyl halides is 1. The molecular formula is C18H13ClN2. The molecule has 0 N–H and O–H groups in total. The Kier molecular flexibility index (Phi) is 2.79. The van der Waals surface area contributed by atoms with Gasteiger partial charge in [-0.05, 0) is 18.2 Å². The molecule has 0 aliphatic carbocycles. The molecular weight excluding hydrogens is 280 g/mol. The molecule has 1 unspecified atom stereocenters. The Bertz CT molecular complexity index is 856. The Morgan fingerprint density at radius 3 is 2.67 bits per heavy atom. The fourth-order valence-electron chi connectivity index (χ4n) is 2.83. The van der Waals surface area contributed by atoms with E-state index in [0.717, 1.165) is 27.8 Å². The number of rotatable bonds is 1. The molecule has 1 atom stereocenters. The Morgan fingerprint density at radius 2 is 1.71 bits per heavy atom. The molecule has 1 aromatic heterocycles. The van der Waals surface area contributed by atoms with E-state index in [1.807, 2.05) is 54.7 Å². The van der Waals surface area contributed by atoms with Gasteiger partial charge in [0.1, 0.15) is 4.87 Å². The van der Waals surface area contributed by atoms with Crippen molar-refractivity contribution in [3.63, 3.8) is 0 Å². The van der Waals surface area contributed by atoms with E-state index in [4.69, 9.17) is 16.6 Å². The molecule has 0 fully saturated rings. The second kappa shape index (κ2) is 4.68. The van der Waals surface area contributed by atoms with Crippen LogP contribution in [0, 0.1) is 0 Å². The van der Waals surface area contributed by atoms with E-state index in [1.54, 1.807) is 0 Å². The van der Waals surface area contributed by atoms with E-state index in [0.29, 0.717) is 6.42 Å². The zero-order valence-corrected chi connectivity index (χ0v) is 12.1. The largest absolute Gasteiger partial charge is 0.261 e. The molecule has 1 aliphatic rings. The van der Waals surface area contributed by atoms with Crippen LogP contribution in [0.4, 0.5) is 5.69 Å². The lowest BCUT2D eigenvalue weighted by atomic mass is 9.88. The summed E-state index contributed by atoms with van der Waals surface area (Å²) in [5.41, 5.74) is 3.79. The second-order valence-electron chi connectivity index (χ2n) is 5.22. The van der Waals surface area contributed by atoms with Crippen LogP contribution >= 0.6 is 11.6 Å². The lowest BCUT2D eigenvalue weighted by Gasteiger charge is -2.29. The van der Waals surface area contributed by atoms with Crippen molar-refractivity contribution in [2.75, 3.05) is 0 Å². The standard InChI is InChI=1S/C18H13ClN2/c19-18(11-12-20-16-8-4-2-6-14(16)18)17-10-9-13-5-1-3-7-15(13)21-17/h1-10,12H,11H2. The first kappa shape index (κ1) is 12.5. The van der Waals surface area contributed by atoms with Gasteiger partial charge in [-0.3, -0.25) is 9.98 Å². The first-order chi connectivity index (χ1) is 10.3. The average Bonchev–Trinajstić information content (AvgIpc) is 2.55. The highest BCUT2D eigenvalue weighted by atomic mass is 35.5. The number of hydrogen-bond acceptors (Lipinski definition) is 2. The first-order valence-corrected chi connectivity index (χ1v) is 7.32. The molecule has 0 saturated carbocycles. The first-order valence-electron chi connectivity index (χ1n) is 6.95. The highest BCUT2D eigenvalue weighted by Crippen LogP contribution is 2.45. The van der Waals surface area contributed by atoms with Gasteiger partial charge in [0.05, 0.1) is 16.9 Å². The van der Waals surface area contributed by atoms with Gasteiger partial charge < -0.3 is 0 Å². The maximum atomic E-state index is 6.98. The molecule has 0 amide bonds. The number of halogens is 1. The highest BCUT2D eigenvalue weighted by Gasteiger charge is 2.36. The van der Waals surface area contributed by atoms with E-state index in [2.05, 4.69) is 17.1 Å². The van der Waals surface area contributed by atoms with Gasteiger partial charge in [-0.2, -0.15) is 0 Å². The summed E-state index contributed by atoms with van der Waals surface area (Å²) >= 11 is 6.98. The number of aromatic nitrogens is 1. The molecule has 0 saturated heterocycles. The SMILES string of the molecule is ClC1(c2ccc3ccccc3n2)CC=Nc2ccccc21. The fourth-order valence-corrected chi connectivity index (χ4v) is 3.16. The molecule has 3 heteroatoms. The second-order valence-corrected chi connectivity index (χ2v) is 5.87. The number of fused-ring (bicyclic) bond motifs is 2. The van der Waals surface area contributed by atoms with Crippen molar-refractivity contribution < 1.29 is 0 Å². The normalized spacial score (nSPS) is 20.4. The van der Waals surface area contributed by atoms with Gasteiger partial charge in [0, 0.05) is 23.6 Å². The number of aliphatic imine (C=N–C) groups is 1. The smallest absolute Gasteiger partial charge is 0.118 e. The third-order valence-corrected chi connectivity index (χ3v) is 4.49. The van der Waals surface area contributed by atoms with Crippen LogP contribution in [0.3, 0.4) is 0 Å².